The van der Waals surface area contributed by atoms with E-state index in [0.717, 1.165) is 23.7 Å². The number of ether oxygens (including phenoxy) is 1. The molecule has 0 aromatic heterocycles. The van der Waals surface area contributed by atoms with Gasteiger partial charge >= 0.3 is 0 Å². The largest absolute Gasteiger partial charge is 0.497 e. The summed E-state index contributed by atoms with van der Waals surface area (Å²) in [5.74, 6) is 0.813. The summed E-state index contributed by atoms with van der Waals surface area (Å²) < 4.78 is 5.21. The number of rotatable bonds is 6. The van der Waals surface area contributed by atoms with Crippen LogP contribution in [0.3, 0.4) is 0 Å². The van der Waals surface area contributed by atoms with E-state index in [-0.39, 0.29) is 0 Å². The maximum absolute atomic E-state index is 5.83. The van der Waals surface area contributed by atoms with Gasteiger partial charge in [0.25, 0.3) is 0 Å². The minimum atomic E-state index is 0.548. The Bertz CT molecular complexity index is 386. The van der Waals surface area contributed by atoms with Gasteiger partial charge in [0.2, 0.25) is 0 Å². The SMILES string of the molecule is CCCC1(CNc2cc(N)cc(OC)c2)CC1. The molecule has 0 unspecified atom stereocenters. The first-order valence-electron chi connectivity index (χ1n) is 6.36. The lowest BCUT2D eigenvalue weighted by Gasteiger charge is -2.16. The van der Waals surface area contributed by atoms with Crippen LogP contribution in [0.4, 0.5) is 11.4 Å². The Morgan fingerprint density at radius 3 is 2.71 bits per heavy atom. The molecule has 1 aliphatic rings. The predicted octanol–water partition coefficient (Wildman–Crippen LogP) is 3.27. The third-order valence-corrected chi connectivity index (χ3v) is 3.57. The molecule has 0 heterocycles. The molecule has 0 aliphatic heterocycles. The van der Waals surface area contributed by atoms with E-state index in [0.29, 0.717) is 5.41 Å². The van der Waals surface area contributed by atoms with Crippen LogP contribution in [0.5, 0.6) is 5.75 Å². The van der Waals surface area contributed by atoms with E-state index in [1.54, 1.807) is 7.11 Å². The maximum Gasteiger partial charge on any atom is 0.122 e. The molecule has 0 radical (unpaired) electrons. The number of nitrogen functional groups attached to an aromatic ring is 1. The van der Waals surface area contributed by atoms with E-state index >= 15 is 0 Å². The number of nitrogens with two attached hydrogens (primary N) is 1. The second kappa shape index (κ2) is 4.86. The number of hydrogen-bond acceptors (Lipinski definition) is 3. The van der Waals surface area contributed by atoms with Crippen LogP contribution in [0.2, 0.25) is 0 Å². The maximum atomic E-state index is 5.83. The van der Waals surface area contributed by atoms with Crippen molar-refractivity contribution in [2.45, 2.75) is 32.6 Å². The number of methoxy groups -OCH3 is 1. The molecule has 1 aliphatic carbocycles. The van der Waals surface area contributed by atoms with Crippen LogP contribution >= 0.6 is 0 Å². The number of anilines is 2. The second-order valence-electron chi connectivity index (χ2n) is 5.10. The van der Waals surface area contributed by atoms with Crippen LogP contribution in [0.1, 0.15) is 32.6 Å². The van der Waals surface area contributed by atoms with Crippen molar-refractivity contribution in [3.05, 3.63) is 18.2 Å². The minimum absolute atomic E-state index is 0.548. The molecule has 2 rings (SSSR count). The van der Waals surface area contributed by atoms with Gasteiger partial charge in [0.05, 0.1) is 7.11 Å². The first-order chi connectivity index (χ1) is 8.17. The van der Waals surface area contributed by atoms with Crippen molar-refractivity contribution in [1.82, 2.24) is 0 Å². The minimum Gasteiger partial charge on any atom is -0.497 e. The van der Waals surface area contributed by atoms with Crippen molar-refractivity contribution in [3.8, 4) is 5.75 Å². The Morgan fingerprint density at radius 1 is 1.35 bits per heavy atom. The van der Waals surface area contributed by atoms with Crippen molar-refractivity contribution in [3.63, 3.8) is 0 Å². The van der Waals surface area contributed by atoms with Gasteiger partial charge in [0.15, 0.2) is 0 Å². The lowest BCUT2D eigenvalue weighted by atomic mass is 10.0. The molecule has 1 aromatic carbocycles. The Morgan fingerprint density at radius 2 is 2.12 bits per heavy atom. The average Bonchev–Trinajstić information content (AvgIpc) is 3.07. The van der Waals surface area contributed by atoms with E-state index in [2.05, 4.69) is 12.2 Å². The van der Waals surface area contributed by atoms with Crippen LogP contribution < -0.4 is 15.8 Å². The van der Waals surface area contributed by atoms with Gasteiger partial charge in [-0.2, -0.15) is 0 Å². The van der Waals surface area contributed by atoms with Gasteiger partial charge in [0.1, 0.15) is 5.75 Å². The highest BCUT2D eigenvalue weighted by atomic mass is 16.5. The molecule has 0 amide bonds. The first kappa shape index (κ1) is 12.1. The summed E-state index contributed by atoms with van der Waals surface area (Å²) in [6.45, 7) is 3.30. The van der Waals surface area contributed by atoms with Crippen molar-refractivity contribution in [1.29, 1.82) is 0 Å². The summed E-state index contributed by atoms with van der Waals surface area (Å²) >= 11 is 0. The van der Waals surface area contributed by atoms with Gasteiger partial charge < -0.3 is 15.8 Å². The molecule has 3 heteroatoms. The molecular formula is C14H22N2O. The van der Waals surface area contributed by atoms with Crippen molar-refractivity contribution in [2.24, 2.45) is 5.41 Å². The van der Waals surface area contributed by atoms with E-state index in [1.165, 1.54) is 25.7 Å². The summed E-state index contributed by atoms with van der Waals surface area (Å²) in [7, 11) is 1.66. The molecule has 3 nitrogen and oxygen atoms in total. The first-order valence-corrected chi connectivity index (χ1v) is 6.36. The van der Waals surface area contributed by atoms with E-state index in [4.69, 9.17) is 10.5 Å². The normalized spacial score (nSPS) is 16.6. The van der Waals surface area contributed by atoms with Crippen LogP contribution in [0.15, 0.2) is 18.2 Å². The number of benzene rings is 1. The number of hydrogen-bond donors (Lipinski definition) is 2. The molecule has 0 bridgehead atoms. The molecule has 0 atom stereocenters. The fourth-order valence-corrected chi connectivity index (χ4v) is 2.35. The Kier molecular flexibility index (Phi) is 3.46. The van der Waals surface area contributed by atoms with Crippen LogP contribution in [-0.4, -0.2) is 13.7 Å². The van der Waals surface area contributed by atoms with E-state index < -0.39 is 0 Å². The monoisotopic (exact) mass is 234 g/mol. The fraction of sp³-hybridized carbons (Fsp3) is 0.571. The molecule has 0 saturated heterocycles. The third kappa shape index (κ3) is 3.05. The topological polar surface area (TPSA) is 47.3 Å². The highest BCUT2D eigenvalue weighted by Crippen LogP contribution is 2.49. The molecule has 0 spiro atoms. The predicted molar refractivity (Wildman–Crippen MR) is 72.5 cm³/mol. The van der Waals surface area contributed by atoms with Gasteiger partial charge in [-0.1, -0.05) is 13.3 Å². The Hall–Kier alpha value is -1.38. The van der Waals surface area contributed by atoms with Gasteiger partial charge in [-0.05, 0) is 30.7 Å². The summed E-state index contributed by atoms with van der Waals surface area (Å²) in [6.07, 6.45) is 5.29. The smallest absolute Gasteiger partial charge is 0.122 e. The molecule has 1 saturated carbocycles. The molecule has 17 heavy (non-hydrogen) atoms. The highest BCUT2D eigenvalue weighted by Gasteiger charge is 2.40. The summed E-state index contributed by atoms with van der Waals surface area (Å²) in [5.41, 5.74) is 8.18. The zero-order valence-corrected chi connectivity index (χ0v) is 10.8. The highest BCUT2D eigenvalue weighted by molar-refractivity contribution is 5.59. The van der Waals surface area contributed by atoms with Gasteiger partial charge in [0, 0.05) is 30.1 Å². The Labute approximate surface area is 103 Å². The van der Waals surface area contributed by atoms with Crippen LogP contribution in [0, 0.1) is 5.41 Å². The van der Waals surface area contributed by atoms with E-state index in [9.17, 15) is 0 Å². The van der Waals surface area contributed by atoms with Crippen molar-refractivity contribution in [2.75, 3.05) is 24.7 Å². The summed E-state index contributed by atoms with van der Waals surface area (Å²) in [5, 5.41) is 3.49. The average molecular weight is 234 g/mol. The fourth-order valence-electron chi connectivity index (χ4n) is 2.35. The zero-order valence-electron chi connectivity index (χ0n) is 10.8. The second-order valence-corrected chi connectivity index (χ2v) is 5.10. The van der Waals surface area contributed by atoms with Gasteiger partial charge in [-0.25, -0.2) is 0 Å². The lowest BCUT2D eigenvalue weighted by Crippen LogP contribution is -2.15. The van der Waals surface area contributed by atoms with Gasteiger partial charge in [-0.15, -0.1) is 0 Å². The quantitative estimate of drug-likeness (QED) is 0.743. The molecule has 94 valence electrons. The number of nitrogens with one attached hydrogen (secondary N) is 1. The molecule has 1 fully saturated rings. The summed E-state index contributed by atoms with van der Waals surface area (Å²) in [6, 6.07) is 5.80. The van der Waals surface area contributed by atoms with Crippen LogP contribution in [0.25, 0.3) is 0 Å². The molecular weight excluding hydrogens is 212 g/mol. The molecule has 3 N–H and O–H groups in total. The van der Waals surface area contributed by atoms with Gasteiger partial charge in [-0.3, -0.25) is 0 Å². The third-order valence-electron chi connectivity index (χ3n) is 3.57. The zero-order chi connectivity index (χ0) is 12.3. The lowest BCUT2D eigenvalue weighted by molar-refractivity contribution is 0.415. The van der Waals surface area contributed by atoms with Crippen molar-refractivity contribution < 1.29 is 4.74 Å². The Balaban J connectivity index is 1.97. The summed E-state index contributed by atoms with van der Waals surface area (Å²) in [4.78, 5) is 0. The van der Waals surface area contributed by atoms with E-state index in [1.807, 2.05) is 18.2 Å². The molecule has 1 aromatic rings. The van der Waals surface area contributed by atoms with Crippen molar-refractivity contribution >= 4 is 11.4 Å². The van der Waals surface area contributed by atoms with Crippen LogP contribution in [-0.2, 0) is 0 Å². The standard InChI is InChI=1S/C14H22N2O/c1-3-4-14(5-6-14)10-16-12-7-11(15)8-13(9-12)17-2/h7-9,16H,3-6,10,15H2,1-2H3.